The van der Waals surface area contributed by atoms with Crippen LogP contribution in [-0.4, -0.2) is 57.9 Å². The molecule has 2 aromatic rings. The number of hydrogen-bond acceptors (Lipinski definition) is 5. The second kappa shape index (κ2) is 9.20. The van der Waals surface area contributed by atoms with Crippen molar-refractivity contribution in [3.63, 3.8) is 0 Å². The Hall–Kier alpha value is -2.44. The molecule has 6 nitrogen and oxygen atoms in total. The van der Waals surface area contributed by atoms with Crippen LogP contribution < -0.4 is 19.9 Å². The zero-order valence-electron chi connectivity index (χ0n) is 18.4. The molecule has 3 unspecified atom stereocenters. The Morgan fingerprint density at radius 3 is 2.91 bits per heavy atom. The van der Waals surface area contributed by atoms with E-state index in [1.165, 1.54) is 11.3 Å². The van der Waals surface area contributed by atoms with Gasteiger partial charge >= 0.3 is 0 Å². The number of fused-ring (bicyclic) bond motifs is 3. The Bertz CT molecular complexity index is 979. The number of nitrogens with one attached hydrogen (secondary N) is 1. The molecule has 5 rings (SSSR count). The molecule has 0 saturated carbocycles. The van der Waals surface area contributed by atoms with E-state index in [1.54, 1.807) is 7.11 Å². The minimum Gasteiger partial charge on any atom is -0.495 e. The molecule has 170 valence electrons. The number of amides is 1. The monoisotopic (exact) mass is 455 g/mol. The van der Waals surface area contributed by atoms with Crippen molar-refractivity contribution >= 4 is 28.9 Å². The van der Waals surface area contributed by atoms with Crippen LogP contribution in [0.15, 0.2) is 42.5 Å². The number of carbonyl (C=O) groups is 1. The Balaban J connectivity index is 1.41. The number of halogens is 1. The maximum atomic E-state index is 13.4. The highest BCUT2D eigenvalue weighted by Gasteiger charge is 2.42. The Labute approximate surface area is 194 Å². The minimum atomic E-state index is -0.126. The average molecular weight is 456 g/mol. The van der Waals surface area contributed by atoms with Gasteiger partial charge in [0.05, 0.1) is 30.9 Å². The van der Waals surface area contributed by atoms with Gasteiger partial charge in [0, 0.05) is 43.5 Å². The number of methoxy groups -OCH3 is 1. The predicted molar refractivity (Wildman–Crippen MR) is 127 cm³/mol. The van der Waals surface area contributed by atoms with E-state index in [2.05, 4.69) is 39.4 Å². The van der Waals surface area contributed by atoms with Gasteiger partial charge in [-0.25, -0.2) is 0 Å². The fourth-order valence-corrected chi connectivity index (χ4v) is 5.50. The van der Waals surface area contributed by atoms with E-state index in [0.717, 1.165) is 56.9 Å². The van der Waals surface area contributed by atoms with E-state index >= 15 is 0 Å². The fraction of sp³-hybridized carbons (Fsp3) is 0.480. The summed E-state index contributed by atoms with van der Waals surface area (Å²) in [6.07, 6.45) is 2.98. The van der Waals surface area contributed by atoms with E-state index in [4.69, 9.17) is 21.1 Å². The number of rotatable bonds is 5. The lowest BCUT2D eigenvalue weighted by Crippen LogP contribution is -2.61. The normalized spacial score (nSPS) is 24.6. The van der Waals surface area contributed by atoms with Crippen molar-refractivity contribution in [1.82, 2.24) is 5.32 Å². The maximum Gasteiger partial charge on any atom is 0.225 e. The van der Waals surface area contributed by atoms with E-state index in [-0.39, 0.29) is 24.0 Å². The SMILES string of the molecule is COc1ccc(Cl)cc1N1CCN2c3ccccc3CC(C(=O)NCC3CCCO3)C2C1. The van der Waals surface area contributed by atoms with Crippen molar-refractivity contribution in [3.05, 3.63) is 53.1 Å². The molecular weight excluding hydrogens is 426 g/mol. The quantitative estimate of drug-likeness (QED) is 0.747. The van der Waals surface area contributed by atoms with Gasteiger partial charge in [-0.2, -0.15) is 0 Å². The van der Waals surface area contributed by atoms with E-state index in [9.17, 15) is 4.79 Å². The van der Waals surface area contributed by atoms with Gasteiger partial charge in [0.1, 0.15) is 5.75 Å². The molecular formula is C25H30ClN3O3. The van der Waals surface area contributed by atoms with E-state index in [1.807, 2.05) is 18.2 Å². The van der Waals surface area contributed by atoms with Crippen molar-refractivity contribution < 1.29 is 14.3 Å². The van der Waals surface area contributed by atoms with Crippen molar-refractivity contribution in [1.29, 1.82) is 0 Å². The molecule has 1 N–H and O–H groups in total. The molecule has 3 heterocycles. The third-order valence-electron chi connectivity index (χ3n) is 6.97. The van der Waals surface area contributed by atoms with Crippen molar-refractivity contribution in [2.24, 2.45) is 5.92 Å². The van der Waals surface area contributed by atoms with E-state index in [0.29, 0.717) is 11.6 Å². The second-order valence-corrected chi connectivity index (χ2v) is 9.28. The number of nitrogens with zero attached hydrogens (tertiary/aromatic N) is 2. The summed E-state index contributed by atoms with van der Waals surface area (Å²) in [5.74, 6) is 0.794. The summed E-state index contributed by atoms with van der Waals surface area (Å²) in [6.45, 7) is 3.81. The molecule has 7 heteroatoms. The minimum absolute atomic E-state index is 0.0758. The van der Waals surface area contributed by atoms with E-state index < -0.39 is 0 Å². The Morgan fingerprint density at radius 2 is 2.09 bits per heavy atom. The molecule has 0 radical (unpaired) electrons. The van der Waals surface area contributed by atoms with Crippen LogP contribution in [0.1, 0.15) is 18.4 Å². The fourth-order valence-electron chi connectivity index (χ4n) is 5.34. The van der Waals surface area contributed by atoms with Gasteiger partial charge in [-0.15, -0.1) is 0 Å². The number of carbonyl (C=O) groups excluding carboxylic acids is 1. The first-order valence-electron chi connectivity index (χ1n) is 11.5. The highest BCUT2D eigenvalue weighted by Crippen LogP contribution is 2.39. The van der Waals surface area contributed by atoms with Crippen molar-refractivity contribution in [2.45, 2.75) is 31.4 Å². The summed E-state index contributed by atoms with van der Waals surface area (Å²) in [4.78, 5) is 18.1. The van der Waals surface area contributed by atoms with Crippen LogP contribution >= 0.6 is 11.6 Å². The van der Waals surface area contributed by atoms with Crippen LogP contribution in [0.4, 0.5) is 11.4 Å². The van der Waals surface area contributed by atoms with Gasteiger partial charge < -0.3 is 24.6 Å². The highest BCUT2D eigenvalue weighted by molar-refractivity contribution is 6.31. The van der Waals surface area contributed by atoms with Crippen LogP contribution in [0.25, 0.3) is 0 Å². The molecule has 0 aliphatic carbocycles. The lowest BCUT2D eigenvalue weighted by molar-refractivity contribution is -0.126. The zero-order valence-corrected chi connectivity index (χ0v) is 19.2. The lowest BCUT2D eigenvalue weighted by Gasteiger charge is -2.49. The molecule has 2 saturated heterocycles. The molecule has 3 aliphatic heterocycles. The van der Waals surface area contributed by atoms with Crippen LogP contribution in [0.3, 0.4) is 0 Å². The molecule has 2 aromatic carbocycles. The van der Waals surface area contributed by atoms with Gasteiger partial charge in [0.2, 0.25) is 5.91 Å². The molecule has 32 heavy (non-hydrogen) atoms. The topological polar surface area (TPSA) is 54.0 Å². The van der Waals surface area contributed by atoms with Crippen LogP contribution in [0.5, 0.6) is 5.75 Å². The number of anilines is 2. The summed E-state index contributed by atoms with van der Waals surface area (Å²) >= 11 is 6.31. The number of benzene rings is 2. The largest absolute Gasteiger partial charge is 0.495 e. The molecule has 0 bridgehead atoms. The number of para-hydroxylation sites is 1. The first kappa shape index (κ1) is 21.4. The van der Waals surface area contributed by atoms with Gasteiger partial charge in [-0.3, -0.25) is 4.79 Å². The Morgan fingerprint density at radius 1 is 1.22 bits per heavy atom. The summed E-state index contributed by atoms with van der Waals surface area (Å²) in [6, 6.07) is 14.3. The molecule has 1 amide bonds. The first-order valence-corrected chi connectivity index (χ1v) is 11.8. The van der Waals surface area contributed by atoms with Gasteiger partial charge in [-0.1, -0.05) is 29.8 Å². The maximum absolute atomic E-state index is 13.4. The molecule has 3 aliphatic rings. The predicted octanol–water partition coefficient (Wildman–Crippen LogP) is 3.51. The van der Waals surface area contributed by atoms with Crippen LogP contribution in [0, 0.1) is 5.92 Å². The van der Waals surface area contributed by atoms with Crippen LogP contribution in [-0.2, 0) is 16.0 Å². The molecule has 0 spiro atoms. The third-order valence-corrected chi connectivity index (χ3v) is 7.21. The smallest absolute Gasteiger partial charge is 0.225 e. The molecule has 2 fully saturated rings. The van der Waals surface area contributed by atoms with Gasteiger partial charge in [0.25, 0.3) is 0 Å². The third kappa shape index (κ3) is 4.14. The summed E-state index contributed by atoms with van der Waals surface area (Å²) < 4.78 is 11.3. The number of ether oxygens (including phenoxy) is 2. The summed E-state index contributed by atoms with van der Waals surface area (Å²) in [5, 5.41) is 3.87. The number of hydrogen-bond donors (Lipinski definition) is 1. The molecule has 0 aromatic heterocycles. The van der Waals surface area contributed by atoms with Crippen molar-refractivity contribution in [2.75, 3.05) is 49.7 Å². The highest BCUT2D eigenvalue weighted by atomic mass is 35.5. The first-order chi connectivity index (χ1) is 15.6. The van der Waals surface area contributed by atoms with Crippen molar-refractivity contribution in [3.8, 4) is 5.75 Å². The lowest BCUT2D eigenvalue weighted by atomic mass is 9.83. The summed E-state index contributed by atoms with van der Waals surface area (Å²) in [5.41, 5.74) is 3.48. The van der Waals surface area contributed by atoms with Gasteiger partial charge in [-0.05, 0) is 49.1 Å². The standard InChI is InChI=1S/C25H30ClN3O3/c1-31-24-9-8-18(26)14-22(24)28-10-11-29-21-7-3-2-5-17(21)13-20(23(29)16-28)25(30)27-15-19-6-4-12-32-19/h2-3,5,7-9,14,19-20,23H,4,6,10-13,15-16H2,1H3,(H,27,30). The Kier molecular flexibility index (Phi) is 6.15. The van der Waals surface area contributed by atoms with Crippen LogP contribution in [0.2, 0.25) is 5.02 Å². The number of piperazine rings is 1. The van der Waals surface area contributed by atoms with Gasteiger partial charge in [0.15, 0.2) is 0 Å². The zero-order chi connectivity index (χ0) is 22.1. The molecule has 3 atom stereocenters. The summed E-state index contributed by atoms with van der Waals surface area (Å²) in [7, 11) is 1.68. The average Bonchev–Trinajstić information content (AvgIpc) is 3.35. The second-order valence-electron chi connectivity index (χ2n) is 8.84.